The number of hydrogen-bond acceptors (Lipinski definition) is 4. The number of aryl methyl sites for hydroxylation is 1. The van der Waals surface area contributed by atoms with Crippen molar-refractivity contribution in [1.82, 2.24) is 14.9 Å². The van der Waals surface area contributed by atoms with Crippen molar-refractivity contribution in [1.29, 1.82) is 0 Å². The van der Waals surface area contributed by atoms with E-state index in [-0.39, 0.29) is 5.91 Å². The number of methoxy groups -OCH3 is 1. The highest BCUT2D eigenvalue weighted by Crippen LogP contribution is 2.22. The first-order valence-electron chi connectivity index (χ1n) is 6.28. The number of aromatic nitrogens is 2. The van der Waals surface area contributed by atoms with Crippen molar-refractivity contribution in [2.24, 2.45) is 0 Å². The van der Waals surface area contributed by atoms with Crippen LogP contribution in [0.2, 0.25) is 0 Å². The lowest BCUT2D eigenvalue weighted by atomic mass is 10.3. The molecule has 0 atom stereocenters. The number of imidazole rings is 1. The smallest absolute Gasteiger partial charge is 0.221 e. The van der Waals surface area contributed by atoms with Gasteiger partial charge in [-0.3, -0.25) is 4.79 Å². The van der Waals surface area contributed by atoms with Crippen LogP contribution >= 0.6 is 15.9 Å². The van der Waals surface area contributed by atoms with Crippen LogP contribution in [0.4, 0.5) is 5.95 Å². The van der Waals surface area contributed by atoms with Crippen molar-refractivity contribution in [3.05, 3.63) is 22.7 Å². The van der Waals surface area contributed by atoms with Gasteiger partial charge in [0.05, 0.1) is 17.6 Å². The number of benzene rings is 1. The topological polar surface area (TPSA) is 82.2 Å². The molecule has 2 rings (SSSR count). The Kier molecular flexibility index (Phi) is 4.97. The molecule has 0 aliphatic heterocycles. The second-order valence-corrected chi connectivity index (χ2v) is 5.26. The zero-order valence-corrected chi connectivity index (χ0v) is 12.8. The summed E-state index contributed by atoms with van der Waals surface area (Å²) in [5, 5.41) is 2.78. The fraction of sp³-hybridized carbons (Fsp3) is 0.385. The molecule has 108 valence electrons. The summed E-state index contributed by atoms with van der Waals surface area (Å²) in [6.45, 7) is 1.52. The molecule has 0 radical (unpaired) electrons. The van der Waals surface area contributed by atoms with Gasteiger partial charge in [-0.1, -0.05) is 15.9 Å². The first kappa shape index (κ1) is 14.8. The van der Waals surface area contributed by atoms with Crippen LogP contribution in [0.5, 0.6) is 0 Å². The standard InChI is InChI=1S/C13H17BrN4O2/c1-20-7-5-16-12(19)4-6-18-11-8-9(14)2-3-10(11)17-13(18)15/h2-3,8H,4-7H2,1H3,(H2,15,17)(H,16,19). The summed E-state index contributed by atoms with van der Waals surface area (Å²) < 4.78 is 7.68. The van der Waals surface area contributed by atoms with Crippen molar-refractivity contribution < 1.29 is 9.53 Å². The second-order valence-electron chi connectivity index (χ2n) is 4.35. The van der Waals surface area contributed by atoms with E-state index in [9.17, 15) is 4.79 Å². The van der Waals surface area contributed by atoms with E-state index in [0.717, 1.165) is 15.5 Å². The molecule has 3 N–H and O–H groups in total. The van der Waals surface area contributed by atoms with Gasteiger partial charge in [0.15, 0.2) is 0 Å². The molecule has 7 heteroatoms. The molecule has 6 nitrogen and oxygen atoms in total. The van der Waals surface area contributed by atoms with Gasteiger partial charge in [0.2, 0.25) is 11.9 Å². The number of nitrogens with one attached hydrogen (secondary N) is 1. The van der Waals surface area contributed by atoms with Gasteiger partial charge in [0, 0.05) is 31.1 Å². The minimum atomic E-state index is -0.0294. The molecule has 0 saturated heterocycles. The van der Waals surface area contributed by atoms with Crippen molar-refractivity contribution >= 4 is 38.8 Å². The van der Waals surface area contributed by atoms with Gasteiger partial charge in [0.25, 0.3) is 0 Å². The minimum Gasteiger partial charge on any atom is -0.383 e. The summed E-state index contributed by atoms with van der Waals surface area (Å²) in [5.74, 6) is 0.390. The third-order valence-corrected chi connectivity index (χ3v) is 3.42. The lowest BCUT2D eigenvalue weighted by molar-refractivity contribution is -0.121. The summed E-state index contributed by atoms with van der Waals surface area (Å²) >= 11 is 3.42. The number of ether oxygens (including phenoxy) is 1. The van der Waals surface area contributed by atoms with Gasteiger partial charge >= 0.3 is 0 Å². The summed E-state index contributed by atoms with van der Waals surface area (Å²) in [4.78, 5) is 16.0. The number of nitrogens with two attached hydrogens (primary N) is 1. The lowest BCUT2D eigenvalue weighted by Crippen LogP contribution is -2.27. The van der Waals surface area contributed by atoms with Gasteiger partial charge in [-0.05, 0) is 18.2 Å². The quantitative estimate of drug-likeness (QED) is 0.781. The van der Waals surface area contributed by atoms with Crippen molar-refractivity contribution in [2.45, 2.75) is 13.0 Å². The van der Waals surface area contributed by atoms with Crippen LogP contribution in [0.25, 0.3) is 11.0 Å². The first-order valence-corrected chi connectivity index (χ1v) is 7.08. The molecule has 1 aromatic heterocycles. The number of anilines is 1. The van der Waals surface area contributed by atoms with Crippen molar-refractivity contribution in [3.63, 3.8) is 0 Å². The maximum Gasteiger partial charge on any atom is 0.221 e. The Morgan fingerprint density at radius 3 is 3.10 bits per heavy atom. The number of amides is 1. The van der Waals surface area contributed by atoms with Crippen LogP contribution in [-0.4, -0.2) is 35.7 Å². The van der Waals surface area contributed by atoms with E-state index >= 15 is 0 Å². The fourth-order valence-electron chi connectivity index (χ4n) is 1.94. The summed E-state index contributed by atoms with van der Waals surface area (Å²) in [6.07, 6.45) is 0.353. The van der Waals surface area contributed by atoms with Gasteiger partial charge in [-0.15, -0.1) is 0 Å². The molecule has 0 spiro atoms. The van der Waals surface area contributed by atoms with Crippen molar-refractivity contribution in [2.75, 3.05) is 26.0 Å². The Morgan fingerprint density at radius 1 is 1.55 bits per heavy atom. The predicted molar refractivity (Wildman–Crippen MR) is 81.3 cm³/mol. The predicted octanol–water partition coefficient (Wildman–Crippen LogP) is 1.53. The Labute approximate surface area is 125 Å². The van der Waals surface area contributed by atoms with E-state index < -0.39 is 0 Å². The highest BCUT2D eigenvalue weighted by molar-refractivity contribution is 9.10. The maximum atomic E-state index is 11.7. The molecular formula is C13H17BrN4O2. The Morgan fingerprint density at radius 2 is 2.35 bits per heavy atom. The van der Waals surface area contributed by atoms with E-state index in [4.69, 9.17) is 10.5 Å². The molecule has 0 aliphatic rings. The van der Waals surface area contributed by atoms with Crippen LogP contribution in [-0.2, 0) is 16.1 Å². The van der Waals surface area contributed by atoms with E-state index in [1.165, 1.54) is 0 Å². The van der Waals surface area contributed by atoms with Gasteiger partial charge in [0.1, 0.15) is 0 Å². The van der Waals surface area contributed by atoms with Crippen LogP contribution in [0.15, 0.2) is 22.7 Å². The molecule has 0 bridgehead atoms. The summed E-state index contributed by atoms with van der Waals surface area (Å²) in [6, 6.07) is 5.75. The lowest BCUT2D eigenvalue weighted by Gasteiger charge is -2.07. The number of hydrogen-bond donors (Lipinski definition) is 2. The molecule has 20 heavy (non-hydrogen) atoms. The number of nitrogen functional groups attached to an aromatic ring is 1. The van der Waals surface area contributed by atoms with Crippen LogP contribution in [0, 0.1) is 0 Å². The van der Waals surface area contributed by atoms with Gasteiger partial charge < -0.3 is 20.4 Å². The zero-order chi connectivity index (χ0) is 14.5. The van der Waals surface area contributed by atoms with E-state index in [2.05, 4.69) is 26.2 Å². The average Bonchev–Trinajstić information content (AvgIpc) is 2.72. The number of halogens is 1. The van der Waals surface area contributed by atoms with Gasteiger partial charge in [-0.25, -0.2) is 4.98 Å². The van der Waals surface area contributed by atoms with Crippen LogP contribution < -0.4 is 11.1 Å². The Balaban J connectivity index is 2.04. The minimum absolute atomic E-state index is 0.0294. The third kappa shape index (κ3) is 3.49. The fourth-order valence-corrected chi connectivity index (χ4v) is 2.29. The molecular weight excluding hydrogens is 324 g/mol. The molecule has 0 unspecified atom stereocenters. The molecule has 0 aliphatic carbocycles. The van der Waals surface area contributed by atoms with E-state index in [0.29, 0.717) is 32.1 Å². The first-order chi connectivity index (χ1) is 9.61. The second kappa shape index (κ2) is 6.71. The molecule has 1 heterocycles. The van der Waals surface area contributed by atoms with E-state index in [1.807, 2.05) is 22.8 Å². The summed E-state index contributed by atoms with van der Waals surface area (Å²) in [5.41, 5.74) is 7.64. The zero-order valence-electron chi connectivity index (χ0n) is 11.2. The Hall–Kier alpha value is -1.60. The normalized spacial score (nSPS) is 10.9. The maximum absolute atomic E-state index is 11.7. The Bertz CT molecular complexity index is 612. The van der Waals surface area contributed by atoms with Crippen LogP contribution in [0.3, 0.4) is 0 Å². The number of carbonyl (C=O) groups is 1. The van der Waals surface area contributed by atoms with Crippen LogP contribution in [0.1, 0.15) is 6.42 Å². The molecule has 2 aromatic rings. The largest absolute Gasteiger partial charge is 0.383 e. The van der Waals surface area contributed by atoms with E-state index in [1.54, 1.807) is 7.11 Å². The number of fused-ring (bicyclic) bond motifs is 1. The average molecular weight is 341 g/mol. The third-order valence-electron chi connectivity index (χ3n) is 2.93. The molecule has 1 aromatic carbocycles. The van der Waals surface area contributed by atoms with Crippen molar-refractivity contribution in [3.8, 4) is 0 Å². The summed E-state index contributed by atoms with van der Waals surface area (Å²) in [7, 11) is 1.60. The number of carbonyl (C=O) groups excluding carboxylic acids is 1. The number of nitrogens with zero attached hydrogens (tertiary/aromatic N) is 2. The monoisotopic (exact) mass is 340 g/mol. The molecule has 1 amide bonds. The molecule has 0 saturated carbocycles. The SMILES string of the molecule is COCCNC(=O)CCn1c(N)nc2ccc(Br)cc21. The highest BCUT2D eigenvalue weighted by Gasteiger charge is 2.10. The highest BCUT2D eigenvalue weighted by atomic mass is 79.9. The molecule has 0 fully saturated rings. The number of rotatable bonds is 6. The van der Waals surface area contributed by atoms with Gasteiger partial charge in [-0.2, -0.15) is 0 Å².